The van der Waals surface area contributed by atoms with Crippen molar-refractivity contribution in [2.24, 2.45) is 17.6 Å². The largest absolute Gasteiger partial charge is 0.490 e. The monoisotopic (exact) mass is 940 g/mol. The summed E-state index contributed by atoms with van der Waals surface area (Å²) in [5, 5.41) is 0. The highest BCUT2D eigenvalue weighted by Crippen LogP contribution is 2.43. The third-order valence-corrected chi connectivity index (χ3v) is 15.2. The molecule has 5 aromatic rings. The number of anilines is 4. The molecule has 4 atom stereocenters. The van der Waals surface area contributed by atoms with Gasteiger partial charge in [-0.1, -0.05) is 116 Å². The average Bonchev–Trinajstić information content (AvgIpc) is 3.40. The normalized spacial score (nSPS) is 20.5. The number of nitrogens with zero attached hydrogens (tertiary/aromatic N) is 2. The summed E-state index contributed by atoms with van der Waals surface area (Å²) < 4.78 is 12.9. The molecule has 71 heavy (non-hydrogen) atoms. The van der Waals surface area contributed by atoms with Gasteiger partial charge in [-0.2, -0.15) is 0 Å². The van der Waals surface area contributed by atoms with Gasteiger partial charge in [0.2, 0.25) is 0 Å². The Balaban J connectivity index is 0.866. The van der Waals surface area contributed by atoms with Crippen molar-refractivity contribution in [2.45, 2.75) is 116 Å². The third kappa shape index (κ3) is 10.6. The van der Waals surface area contributed by atoms with Gasteiger partial charge >= 0.3 is 0 Å². The van der Waals surface area contributed by atoms with E-state index in [1.54, 1.807) is 0 Å². The van der Waals surface area contributed by atoms with Crippen LogP contribution in [0.5, 0.6) is 11.5 Å². The van der Waals surface area contributed by atoms with Crippen LogP contribution >= 0.6 is 0 Å². The smallest absolute Gasteiger partial charge is 0.188 e. The number of Topliss-reactive ketones (excluding diaryl/α,β-unsaturated/α-hetero) is 1. The number of ketones is 1. The maximum atomic E-state index is 13.4. The second-order valence-electron chi connectivity index (χ2n) is 21.1. The number of benzene rings is 5. The molecule has 4 unspecified atom stereocenters. The van der Waals surface area contributed by atoms with E-state index in [1.165, 1.54) is 45.8 Å². The summed E-state index contributed by atoms with van der Waals surface area (Å²) in [4.78, 5) is 18.4. The average molecular weight is 940 g/mol. The standard InChI is InChI=1S/C65H69N3O3/c1-6-64(2,3)71-58-43-37-55(38-44-58)68(62-20-12-16-48-14-8-10-18-60(48)62)53-33-25-46(26-34-53)45-23-31-52(32-24-45)67(61-19-11-15-47-13-7-9-17-59(47)61)54-35-41-57(42-36-54)70-56-39-27-50(28-40-56)63(69)49-21-29-51(30-22-49)65(4,5)66/h7,10-13,15-16,18-27,29-33,35-38,41-44,48,53,56,60H,6,8-9,14,17,28,34,39-40,66H2,1-5H3. The minimum Gasteiger partial charge on any atom is -0.490 e. The molecule has 362 valence electrons. The molecular formula is C65H69N3O3. The molecule has 6 nitrogen and oxygen atoms in total. The molecule has 0 aliphatic heterocycles. The molecule has 0 aromatic heterocycles. The van der Waals surface area contributed by atoms with Crippen LogP contribution in [0, 0.1) is 11.8 Å². The lowest BCUT2D eigenvalue weighted by molar-refractivity contribution is 0.102. The Kier molecular flexibility index (Phi) is 13.8. The number of ether oxygens (including phenoxy) is 2. The summed E-state index contributed by atoms with van der Waals surface area (Å²) in [7, 11) is 0. The van der Waals surface area contributed by atoms with Crippen LogP contribution in [0.2, 0.25) is 0 Å². The van der Waals surface area contributed by atoms with Crippen molar-refractivity contribution in [1.82, 2.24) is 0 Å². The number of allylic oxidation sites excluding steroid dienone is 9. The van der Waals surface area contributed by atoms with Crippen LogP contribution in [-0.4, -0.2) is 23.5 Å². The quantitative estimate of drug-likeness (QED) is 0.0833. The zero-order valence-corrected chi connectivity index (χ0v) is 42.2. The van der Waals surface area contributed by atoms with Crippen molar-refractivity contribution in [3.63, 3.8) is 0 Å². The highest BCUT2D eigenvalue weighted by molar-refractivity contribution is 6.08. The lowest BCUT2D eigenvalue weighted by Gasteiger charge is -2.41. The molecule has 0 fully saturated rings. The molecule has 0 saturated carbocycles. The topological polar surface area (TPSA) is 68.0 Å². The van der Waals surface area contributed by atoms with E-state index in [0.29, 0.717) is 30.2 Å². The van der Waals surface area contributed by atoms with Crippen LogP contribution in [0.25, 0.3) is 11.6 Å². The first-order chi connectivity index (χ1) is 34.4. The maximum Gasteiger partial charge on any atom is 0.188 e. The molecule has 2 N–H and O–H groups in total. The van der Waals surface area contributed by atoms with Crippen molar-refractivity contribution < 1.29 is 14.3 Å². The highest BCUT2D eigenvalue weighted by Gasteiger charge is 2.33. The second kappa shape index (κ2) is 20.4. The van der Waals surface area contributed by atoms with Gasteiger partial charge in [-0.05, 0) is 191 Å². The summed E-state index contributed by atoms with van der Waals surface area (Å²) >= 11 is 0. The van der Waals surface area contributed by atoms with Crippen molar-refractivity contribution in [3.8, 4) is 11.5 Å². The van der Waals surface area contributed by atoms with E-state index in [2.05, 4.69) is 188 Å². The highest BCUT2D eigenvalue weighted by atomic mass is 16.5. The number of rotatable bonds is 15. The van der Waals surface area contributed by atoms with E-state index in [9.17, 15) is 4.79 Å². The van der Waals surface area contributed by atoms with E-state index >= 15 is 0 Å². The van der Waals surface area contributed by atoms with E-state index in [0.717, 1.165) is 72.5 Å². The molecule has 5 aromatic carbocycles. The molecule has 0 radical (unpaired) electrons. The van der Waals surface area contributed by atoms with Gasteiger partial charge in [-0.15, -0.1) is 0 Å². The van der Waals surface area contributed by atoms with Crippen LogP contribution in [-0.2, 0) is 12.0 Å². The van der Waals surface area contributed by atoms with Gasteiger partial charge in [0.05, 0.1) is 6.04 Å². The van der Waals surface area contributed by atoms with E-state index < -0.39 is 5.54 Å². The molecule has 5 aliphatic carbocycles. The summed E-state index contributed by atoms with van der Waals surface area (Å²) in [6.45, 7) is 10.4. The molecule has 0 spiro atoms. The molecule has 0 bridgehead atoms. The molecule has 10 rings (SSSR count). The lowest BCUT2D eigenvalue weighted by Crippen LogP contribution is -2.39. The van der Waals surface area contributed by atoms with Gasteiger partial charge in [0.15, 0.2) is 5.78 Å². The molecular weight excluding hydrogens is 871 g/mol. The fourth-order valence-electron chi connectivity index (χ4n) is 10.8. The SMILES string of the molecule is CCC(C)(C)Oc1ccc(N(C2=CC=CC3CCC=CC23)C2C=CC(c3ccc(N(c4ccc(OC5CC=C(C(=O)c6ccc(C(C)(C)N)cc6)CC5)cc4)c4cccc5c4CCC=C5)cc3)=CC2)cc1. The number of hydrogen-bond acceptors (Lipinski definition) is 6. The molecule has 5 aliphatic rings. The first-order valence-corrected chi connectivity index (χ1v) is 26.0. The second-order valence-corrected chi connectivity index (χ2v) is 21.1. The van der Waals surface area contributed by atoms with Crippen molar-refractivity contribution in [1.29, 1.82) is 0 Å². The number of carbonyl (C=O) groups excluding carboxylic acids is 1. The van der Waals surface area contributed by atoms with Gasteiger partial charge < -0.3 is 25.0 Å². The van der Waals surface area contributed by atoms with Gasteiger partial charge in [0.25, 0.3) is 0 Å². The van der Waals surface area contributed by atoms with Crippen molar-refractivity contribution in [2.75, 3.05) is 9.80 Å². The predicted molar refractivity (Wildman–Crippen MR) is 295 cm³/mol. The predicted octanol–water partition coefficient (Wildman–Crippen LogP) is 15.9. The molecule has 0 saturated heterocycles. The number of fused-ring (bicyclic) bond motifs is 2. The summed E-state index contributed by atoms with van der Waals surface area (Å²) in [6.07, 6.45) is 33.9. The molecule has 0 heterocycles. The van der Waals surface area contributed by atoms with Gasteiger partial charge in [-0.25, -0.2) is 0 Å². The van der Waals surface area contributed by atoms with E-state index in [-0.39, 0.29) is 23.5 Å². The van der Waals surface area contributed by atoms with Crippen LogP contribution < -0.4 is 25.0 Å². The zero-order chi connectivity index (χ0) is 49.1. The van der Waals surface area contributed by atoms with E-state index in [4.69, 9.17) is 15.2 Å². The first-order valence-electron chi connectivity index (χ1n) is 26.0. The zero-order valence-electron chi connectivity index (χ0n) is 42.2. The summed E-state index contributed by atoms with van der Waals surface area (Å²) in [5.41, 5.74) is 19.2. The number of nitrogens with two attached hydrogens (primary N) is 1. The van der Waals surface area contributed by atoms with Crippen LogP contribution in [0.4, 0.5) is 22.7 Å². The van der Waals surface area contributed by atoms with Crippen molar-refractivity contribution >= 4 is 40.2 Å². The Morgan fingerprint density at radius 3 is 2.14 bits per heavy atom. The fraction of sp³-hybridized carbons (Fsp3) is 0.308. The lowest BCUT2D eigenvalue weighted by atomic mass is 9.78. The Labute approximate surface area is 422 Å². The number of hydrogen-bond donors (Lipinski definition) is 1. The van der Waals surface area contributed by atoms with Crippen LogP contribution in [0.3, 0.4) is 0 Å². The van der Waals surface area contributed by atoms with Crippen LogP contribution in [0.1, 0.15) is 119 Å². The number of carbonyl (C=O) groups is 1. The molecule has 6 heteroatoms. The van der Waals surface area contributed by atoms with Crippen LogP contribution in [0.15, 0.2) is 187 Å². The Bertz CT molecular complexity index is 2940. The maximum absolute atomic E-state index is 13.4. The minimum absolute atomic E-state index is 0.00333. The van der Waals surface area contributed by atoms with Gasteiger partial charge in [-0.3, -0.25) is 4.79 Å². The minimum atomic E-state index is -0.446. The summed E-state index contributed by atoms with van der Waals surface area (Å²) in [6, 6.07) is 40.9. The Morgan fingerprint density at radius 2 is 1.45 bits per heavy atom. The van der Waals surface area contributed by atoms with Crippen molar-refractivity contribution in [3.05, 3.63) is 215 Å². The van der Waals surface area contributed by atoms with E-state index in [1.807, 2.05) is 38.1 Å². The first kappa shape index (κ1) is 47.8. The Morgan fingerprint density at radius 1 is 0.718 bits per heavy atom. The van der Waals surface area contributed by atoms with Gasteiger partial charge in [0, 0.05) is 51.9 Å². The fourth-order valence-corrected chi connectivity index (χ4v) is 10.8. The summed E-state index contributed by atoms with van der Waals surface area (Å²) in [5.74, 6) is 2.69. The molecule has 0 amide bonds. The third-order valence-electron chi connectivity index (χ3n) is 15.2. The van der Waals surface area contributed by atoms with Gasteiger partial charge in [0.1, 0.15) is 23.2 Å². The Hall–Kier alpha value is -6.89.